The maximum Gasteiger partial charge on any atom is 0.120 e. The van der Waals surface area contributed by atoms with E-state index in [4.69, 9.17) is 27.9 Å². The molecule has 0 spiro atoms. The number of aromatic nitrogens is 1. The Balaban J connectivity index is 1.62. The van der Waals surface area contributed by atoms with E-state index >= 15 is 0 Å². The second-order valence-corrected chi connectivity index (χ2v) is 5.39. The molecular formula is C16H13Cl2NO. The van der Waals surface area contributed by atoms with Crippen molar-refractivity contribution in [2.75, 3.05) is 6.61 Å². The van der Waals surface area contributed by atoms with E-state index in [0.29, 0.717) is 16.7 Å². The van der Waals surface area contributed by atoms with Crippen LogP contribution in [-0.4, -0.2) is 11.6 Å². The van der Waals surface area contributed by atoms with Crippen molar-refractivity contribution in [1.82, 2.24) is 4.98 Å². The molecular weight excluding hydrogens is 293 g/mol. The van der Waals surface area contributed by atoms with E-state index in [9.17, 15) is 0 Å². The Hall–Kier alpha value is -1.64. The van der Waals surface area contributed by atoms with Crippen LogP contribution in [-0.2, 0) is 6.42 Å². The minimum absolute atomic E-state index is 0.512. The molecule has 0 radical (unpaired) electrons. The van der Waals surface area contributed by atoms with Crippen LogP contribution < -0.4 is 4.74 Å². The van der Waals surface area contributed by atoms with E-state index in [-0.39, 0.29) is 0 Å². The smallest absolute Gasteiger partial charge is 0.120 e. The molecule has 0 fully saturated rings. The van der Waals surface area contributed by atoms with Gasteiger partial charge in [0.15, 0.2) is 0 Å². The maximum absolute atomic E-state index is 5.95. The number of H-pyrrole nitrogens is 1. The molecule has 0 bridgehead atoms. The lowest BCUT2D eigenvalue weighted by Gasteiger charge is -2.07. The van der Waals surface area contributed by atoms with Crippen LogP contribution in [0.15, 0.2) is 48.7 Å². The van der Waals surface area contributed by atoms with Crippen molar-refractivity contribution in [3.63, 3.8) is 0 Å². The van der Waals surface area contributed by atoms with E-state index < -0.39 is 0 Å². The second-order valence-electron chi connectivity index (χ2n) is 4.57. The van der Waals surface area contributed by atoms with Gasteiger partial charge in [-0.25, -0.2) is 0 Å². The van der Waals surface area contributed by atoms with Crippen molar-refractivity contribution in [1.29, 1.82) is 0 Å². The summed E-state index contributed by atoms with van der Waals surface area (Å²) in [5.74, 6) is 0.738. The zero-order valence-electron chi connectivity index (χ0n) is 10.7. The Morgan fingerprint density at radius 3 is 2.70 bits per heavy atom. The van der Waals surface area contributed by atoms with Gasteiger partial charge in [-0.2, -0.15) is 0 Å². The molecule has 2 aromatic carbocycles. The van der Waals surface area contributed by atoms with Crippen LogP contribution in [0.1, 0.15) is 5.56 Å². The Labute approximate surface area is 127 Å². The summed E-state index contributed by atoms with van der Waals surface area (Å²) >= 11 is 11.8. The summed E-state index contributed by atoms with van der Waals surface area (Å²) in [4.78, 5) is 3.18. The number of benzene rings is 2. The molecule has 1 heterocycles. The standard InChI is InChI=1S/C16H13Cl2NO/c17-14-3-2-13(10-15(14)18)20-8-6-11-1-4-16-12(9-11)5-7-19-16/h1-5,7,9-10,19H,6,8H2. The topological polar surface area (TPSA) is 25.0 Å². The minimum atomic E-state index is 0.512. The highest BCUT2D eigenvalue weighted by Gasteiger charge is 2.01. The summed E-state index contributed by atoms with van der Waals surface area (Å²) in [7, 11) is 0. The highest BCUT2D eigenvalue weighted by Crippen LogP contribution is 2.26. The van der Waals surface area contributed by atoms with Gasteiger partial charge in [-0.15, -0.1) is 0 Å². The molecule has 20 heavy (non-hydrogen) atoms. The number of hydrogen-bond acceptors (Lipinski definition) is 1. The summed E-state index contributed by atoms with van der Waals surface area (Å²) in [5, 5.41) is 2.27. The summed E-state index contributed by atoms with van der Waals surface area (Å²) in [5.41, 5.74) is 2.40. The van der Waals surface area contributed by atoms with Crippen molar-refractivity contribution in [2.24, 2.45) is 0 Å². The van der Waals surface area contributed by atoms with Crippen LogP contribution in [0.25, 0.3) is 10.9 Å². The molecule has 0 aliphatic rings. The van der Waals surface area contributed by atoms with Gasteiger partial charge in [0.2, 0.25) is 0 Å². The molecule has 0 aliphatic heterocycles. The summed E-state index contributed by atoms with van der Waals surface area (Å²) < 4.78 is 5.69. The largest absolute Gasteiger partial charge is 0.493 e. The highest BCUT2D eigenvalue weighted by molar-refractivity contribution is 6.42. The van der Waals surface area contributed by atoms with E-state index in [1.807, 2.05) is 12.3 Å². The third-order valence-corrected chi connectivity index (χ3v) is 3.91. The monoisotopic (exact) mass is 305 g/mol. The maximum atomic E-state index is 5.95. The predicted molar refractivity (Wildman–Crippen MR) is 84.0 cm³/mol. The Kier molecular flexibility index (Phi) is 3.86. The van der Waals surface area contributed by atoms with Crippen LogP contribution in [0.3, 0.4) is 0 Å². The molecule has 0 atom stereocenters. The Morgan fingerprint density at radius 2 is 1.85 bits per heavy atom. The van der Waals surface area contributed by atoms with Gasteiger partial charge in [-0.1, -0.05) is 29.3 Å². The van der Waals surface area contributed by atoms with Gasteiger partial charge in [0.1, 0.15) is 5.75 Å². The predicted octanol–water partition coefficient (Wildman–Crippen LogP) is 5.10. The number of rotatable bonds is 4. The SMILES string of the molecule is Clc1ccc(OCCc2ccc3[nH]ccc3c2)cc1Cl. The molecule has 102 valence electrons. The van der Waals surface area contributed by atoms with Crippen molar-refractivity contribution in [2.45, 2.75) is 6.42 Å². The second kappa shape index (κ2) is 5.78. The summed E-state index contributed by atoms with van der Waals surface area (Å²) in [6.07, 6.45) is 2.79. The van der Waals surface area contributed by atoms with E-state index in [2.05, 4.69) is 29.2 Å². The summed E-state index contributed by atoms with van der Waals surface area (Å²) in [6, 6.07) is 13.7. The molecule has 3 aromatic rings. The number of ether oxygens (including phenoxy) is 1. The van der Waals surface area contributed by atoms with E-state index in [0.717, 1.165) is 17.7 Å². The number of halogens is 2. The highest BCUT2D eigenvalue weighted by atomic mass is 35.5. The molecule has 0 aliphatic carbocycles. The molecule has 1 N–H and O–H groups in total. The first-order valence-electron chi connectivity index (χ1n) is 6.36. The molecule has 2 nitrogen and oxygen atoms in total. The number of aromatic amines is 1. The average molecular weight is 306 g/mol. The molecule has 0 unspecified atom stereocenters. The first-order valence-corrected chi connectivity index (χ1v) is 7.12. The number of nitrogens with one attached hydrogen (secondary N) is 1. The van der Waals surface area contributed by atoms with Crippen LogP contribution in [0.5, 0.6) is 5.75 Å². The molecule has 1 aromatic heterocycles. The Bertz CT molecular complexity index is 736. The van der Waals surface area contributed by atoms with Gasteiger partial charge >= 0.3 is 0 Å². The average Bonchev–Trinajstić information content (AvgIpc) is 2.90. The Morgan fingerprint density at radius 1 is 0.950 bits per heavy atom. The molecule has 0 saturated carbocycles. The number of hydrogen-bond donors (Lipinski definition) is 1. The van der Waals surface area contributed by atoms with Gasteiger partial charge in [0, 0.05) is 24.2 Å². The fourth-order valence-corrected chi connectivity index (χ4v) is 2.40. The zero-order chi connectivity index (χ0) is 13.9. The van der Waals surface area contributed by atoms with Crippen molar-refractivity contribution in [3.8, 4) is 5.75 Å². The lowest BCUT2D eigenvalue weighted by Crippen LogP contribution is -2.01. The lowest BCUT2D eigenvalue weighted by molar-refractivity contribution is 0.322. The quantitative estimate of drug-likeness (QED) is 0.713. The van der Waals surface area contributed by atoms with Crippen LogP contribution >= 0.6 is 23.2 Å². The number of fused-ring (bicyclic) bond motifs is 1. The van der Waals surface area contributed by atoms with E-state index in [1.165, 1.54) is 10.9 Å². The minimum Gasteiger partial charge on any atom is -0.493 e. The van der Waals surface area contributed by atoms with Crippen LogP contribution in [0.2, 0.25) is 10.0 Å². The van der Waals surface area contributed by atoms with Gasteiger partial charge in [-0.05, 0) is 41.3 Å². The first kappa shape index (κ1) is 13.3. The van der Waals surface area contributed by atoms with Gasteiger partial charge in [0.25, 0.3) is 0 Å². The third-order valence-electron chi connectivity index (χ3n) is 3.17. The molecule has 4 heteroatoms. The fourth-order valence-electron chi connectivity index (χ4n) is 2.11. The summed E-state index contributed by atoms with van der Waals surface area (Å²) in [6.45, 7) is 0.605. The first-order chi connectivity index (χ1) is 9.72. The molecule has 3 rings (SSSR count). The van der Waals surface area contributed by atoms with Crippen molar-refractivity contribution >= 4 is 34.1 Å². The fraction of sp³-hybridized carbons (Fsp3) is 0.125. The van der Waals surface area contributed by atoms with Gasteiger partial charge in [0.05, 0.1) is 16.7 Å². The van der Waals surface area contributed by atoms with Crippen LogP contribution in [0, 0.1) is 0 Å². The normalized spacial score (nSPS) is 10.9. The van der Waals surface area contributed by atoms with Gasteiger partial charge in [-0.3, -0.25) is 0 Å². The van der Waals surface area contributed by atoms with Crippen LogP contribution in [0.4, 0.5) is 0 Å². The third kappa shape index (κ3) is 2.92. The van der Waals surface area contributed by atoms with Gasteiger partial charge < -0.3 is 9.72 Å². The lowest BCUT2D eigenvalue weighted by atomic mass is 10.1. The molecule has 0 saturated heterocycles. The van der Waals surface area contributed by atoms with Crippen molar-refractivity contribution < 1.29 is 4.74 Å². The zero-order valence-corrected chi connectivity index (χ0v) is 12.2. The van der Waals surface area contributed by atoms with Crippen molar-refractivity contribution in [3.05, 3.63) is 64.3 Å². The molecule has 0 amide bonds. The van der Waals surface area contributed by atoms with E-state index in [1.54, 1.807) is 12.1 Å².